The molecule has 60 valence electrons. The molecule has 1 atom stereocenters. The van der Waals surface area contributed by atoms with E-state index < -0.39 is 18.0 Å². The van der Waals surface area contributed by atoms with E-state index in [1.807, 2.05) is 0 Å². The molecule has 1 unspecified atom stereocenters. The van der Waals surface area contributed by atoms with Crippen LogP contribution in [0, 0.1) is 0 Å². The standard InChI is InChI=1S/C5H7F3OS/c6-5(7,8)3-4-9-1-2-10-4/h4H,1-3H2. The van der Waals surface area contributed by atoms with Crippen molar-refractivity contribution in [1.82, 2.24) is 0 Å². The Hall–Kier alpha value is 0.100. The minimum absolute atomic E-state index is 0.450. The molecule has 0 bridgehead atoms. The summed E-state index contributed by atoms with van der Waals surface area (Å²) in [7, 11) is 0. The molecule has 1 nitrogen and oxygen atoms in total. The fourth-order valence-corrected chi connectivity index (χ4v) is 1.67. The molecule has 1 heterocycles. The Labute approximate surface area is 60.9 Å². The van der Waals surface area contributed by atoms with E-state index in [1.165, 1.54) is 11.8 Å². The maximum absolute atomic E-state index is 11.6. The average molecular weight is 172 g/mol. The van der Waals surface area contributed by atoms with E-state index in [4.69, 9.17) is 4.74 Å². The second kappa shape index (κ2) is 3.00. The highest BCUT2D eigenvalue weighted by molar-refractivity contribution is 7.99. The van der Waals surface area contributed by atoms with Gasteiger partial charge in [0.25, 0.3) is 0 Å². The highest BCUT2D eigenvalue weighted by Crippen LogP contribution is 2.31. The Morgan fingerprint density at radius 3 is 2.60 bits per heavy atom. The number of thioether (sulfide) groups is 1. The van der Waals surface area contributed by atoms with Gasteiger partial charge >= 0.3 is 6.18 Å². The molecule has 0 amide bonds. The summed E-state index contributed by atoms with van der Waals surface area (Å²) in [5, 5.41) is 0. The van der Waals surface area contributed by atoms with Crippen LogP contribution in [-0.2, 0) is 4.74 Å². The number of halogens is 3. The van der Waals surface area contributed by atoms with E-state index in [9.17, 15) is 13.2 Å². The monoisotopic (exact) mass is 172 g/mol. The Balaban J connectivity index is 2.24. The van der Waals surface area contributed by atoms with E-state index in [0.717, 1.165) is 0 Å². The summed E-state index contributed by atoms with van der Waals surface area (Å²) in [5.74, 6) is 0.681. The van der Waals surface area contributed by atoms with Gasteiger partial charge in [-0.1, -0.05) is 0 Å². The van der Waals surface area contributed by atoms with Crippen LogP contribution in [0.3, 0.4) is 0 Å². The molecule has 0 radical (unpaired) electrons. The lowest BCUT2D eigenvalue weighted by atomic mass is 10.4. The largest absolute Gasteiger partial charge is 0.392 e. The first-order valence-corrected chi connectivity index (χ1v) is 3.93. The van der Waals surface area contributed by atoms with Crippen LogP contribution in [0.4, 0.5) is 13.2 Å². The van der Waals surface area contributed by atoms with Crippen LogP contribution in [0.2, 0.25) is 0 Å². The van der Waals surface area contributed by atoms with E-state index >= 15 is 0 Å². The molecule has 0 spiro atoms. The molecular weight excluding hydrogens is 165 g/mol. The Bertz CT molecular complexity index is 108. The molecule has 0 aromatic rings. The van der Waals surface area contributed by atoms with Gasteiger partial charge < -0.3 is 4.74 Å². The number of hydrogen-bond donors (Lipinski definition) is 0. The Kier molecular flexibility index (Phi) is 2.46. The van der Waals surface area contributed by atoms with Crippen LogP contribution in [0.25, 0.3) is 0 Å². The minimum Gasteiger partial charge on any atom is -0.366 e. The third-order valence-electron chi connectivity index (χ3n) is 1.09. The first kappa shape index (κ1) is 8.20. The smallest absolute Gasteiger partial charge is 0.366 e. The lowest BCUT2D eigenvalue weighted by Crippen LogP contribution is -2.16. The zero-order valence-electron chi connectivity index (χ0n) is 5.15. The molecule has 1 saturated heterocycles. The van der Waals surface area contributed by atoms with E-state index in [0.29, 0.717) is 12.4 Å². The van der Waals surface area contributed by atoms with Gasteiger partial charge in [0.05, 0.1) is 13.0 Å². The van der Waals surface area contributed by atoms with Crippen LogP contribution in [0.15, 0.2) is 0 Å². The van der Waals surface area contributed by atoms with Gasteiger partial charge in [-0.25, -0.2) is 0 Å². The van der Waals surface area contributed by atoms with Crippen molar-refractivity contribution >= 4 is 11.8 Å². The van der Waals surface area contributed by atoms with Gasteiger partial charge in [0, 0.05) is 5.75 Å². The molecule has 1 fully saturated rings. The molecule has 0 aromatic heterocycles. The molecule has 0 saturated carbocycles. The van der Waals surface area contributed by atoms with Crippen molar-refractivity contribution in [2.24, 2.45) is 0 Å². The van der Waals surface area contributed by atoms with Gasteiger partial charge in [-0.2, -0.15) is 13.2 Å². The van der Waals surface area contributed by atoms with Crippen LogP contribution in [0.5, 0.6) is 0 Å². The van der Waals surface area contributed by atoms with Crippen molar-refractivity contribution in [3.05, 3.63) is 0 Å². The molecule has 0 aliphatic carbocycles. The fraction of sp³-hybridized carbons (Fsp3) is 1.00. The Morgan fingerprint density at radius 1 is 1.50 bits per heavy atom. The summed E-state index contributed by atoms with van der Waals surface area (Å²) in [6.07, 6.45) is -4.90. The zero-order chi connectivity index (χ0) is 7.61. The molecule has 0 N–H and O–H groups in total. The minimum atomic E-state index is -4.08. The van der Waals surface area contributed by atoms with E-state index in [2.05, 4.69) is 0 Å². The lowest BCUT2D eigenvalue weighted by Gasteiger charge is -2.10. The van der Waals surface area contributed by atoms with Gasteiger partial charge in [-0.15, -0.1) is 11.8 Å². The van der Waals surface area contributed by atoms with Crippen molar-refractivity contribution in [1.29, 1.82) is 0 Å². The highest BCUT2D eigenvalue weighted by Gasteiger charge is 2.34. The van der Waals surface area contributed by atoms with Gasteiger partial charge in [-0.3, -0.25) is 0 Å². The fourth-order valence-electron chi connectivity index (χ4n) is 0.714. The number of rotatable bonds is 1. The summed E-state index contributed by atoms with van der Waals surface area (Å²) in [6.45, 7) is 0.450. The predicted octanol–water partition coefficient (Wildman–Crippen LogP) is 2.03. The quantitative estimate of drug-likeness (QED) is 0.598. The normalized spacial score (nSPS) is 27.3. The summed E-state index contributed by atoms with van der Waals surface area (Å²) >= 11 is 1.23. The second-order valence-electron chi connectivity index (χ2n) is 1.99. The topological polar surface area (TPSA) is 9.23 Å². The second-order valence-corrected chi connectivity index (χ2v) is 3.26. The molecule has 5 heteroatoms. The summed E-state index contributed by atoms with van der Waals surface area (Å²) in [5.41, 5.74) is -0.653. The highest BCUT2D eigenvalue weighted by atomic mass is 32.2. The van der Waals surface area contributed by atoms with Gasteiger partial charge in [0.1, 0.15) is 5.44 Å². The molecular formula is C5H7F3OS. The van der Waals surface area contributed by atoms with Crippen molar-refractivity contribution in [2.75, 3.05) is 12.4 Å². The van der Waals surface area contributed by atoms with Crippen LogP contribution in [0.1, 0.15) is 6.42 Å². The van der Waals surface area contributed by atoms with Gasteiger partial charge in [0.15, 0.2) is 0 Å². The number of hydrogen-bond acceptors (Lipinski definition) is 2. The summed E-state index contributed by atoms with van der Waals surface area (Å²) in [6, 6.07) is 0. The average Bonchev–Trinajstić information content (AvgIpc) is 2.12. The van der Waals surface area contributed by atoms with Crippen LogP contribution < -0.4 is 0 Å². The lowest BCUT2D eigenvalue weighted by molar-refractivity contribution is -0.147. The van der Waals surface area contributed by atoms with Crippen LogP contribution >= 0.6 is 11.8 Å². The first-order chi connectivity index (χ1) is 4.58. The van der Waals surface area contributed by atoms with Crippen LogP contribution in [-0.4, -0.2) is 24.0 Å². The SMILES string of the molecule is FC(F)(F)CC1OCCS1. The zero-order valence-corrected chi connectivity index (χ0v) is 5.97. The molecule has 10 heavy (non-hydrogen) atoms. The molecule has 0 aromatic carbocycles. The molecule has 1 aliphatic heterocycles. The maximum Gasteiger partial charge on any atom is 0.392 e. The third-order valence-corrected chi connectivity index (χ3v) is 2.17. The molecule has 1 rings (SSSR count). The van der Waals surface area contributed by atoms with Crippen molar-refractivity contribution in [2.45, 2.75) is 18.0 Å². The van der Waals surface area contributed by atoms with E-state index in [-0.39, 0.29) is 0 Å². The number of alkyl halides is 3. The summed E-state index contributed by atoms with van der Waals surface area (Å²) < 4.78 is 39.6. The van der Waals surface area contributed by atoms with Crippen molar-refractivity contribution in [3.63, 3.8) is 0 Å². The molecule has 1 aliphatic rings. The Morgan fingerprint density at radius 2 is 2.20 bits per heavy atom. The van der Waals surface area contributed by atoms with Gasteiger partial charge in [0.2, 0.25) is 0 Å². The first-order valence-electron chi connectivity index (χ1n) is 2.88. The van der Waals surface area contributed by atoms with Crippen molar-refractivity contribution < 1.29 is 17.9 Å². The van der Waals surface area contributed by atoms with Crippen molar-refractivity contribution in [3.8, 4) is 0 Å². The van der Waals surface area contributed by atoms with E-state index in [1.54, 1.807) is 0 Å². The van der Waals surface area contributed by atoms with Gasteiger partial charge in [-0.05, 0) is 0 Å². The summed E-state index contributed by atoms with van der Waals surface area (Å²) in [4.78, 5) is 0. The number of ether oxygens (including phenoxy) is 1. The maximum atomic E-state index is 11.6. The predicted molar refractivity (Wildman–Crippen MR) is 32.9 cm³/mol. The third kappa shape index (κ3) is 2.79.